The van der Waals surface area contributed by atoms with Gasteiger partial charge in [-0.05, 0) is 18.2 Å². The number of hydrogen-bond donors (Lipinski definition) is 1. The molecule has 0 atom stereocenters. The van der Waals surface area contributed by atoms with Crippen molar-refractivity contribution >= 4 is 23.8 Å². The van der Waals surface area contributed by atoms with Crippen LogP contribution in [0.15, 0.2) is 23.4 Å². The molecule has 16 heavy (non-hydrogen) atoms. The summed E-state index contributed by atoms with van der Waals surface area (Å²) in [5.74, 6) is -0.512. The predicted octanol–water partition coefficient (Wildman–Crippen LogP) is 1.57. The topological polar surface area (TPSA) is 68.1 Å². The molecular weight excluding hydrogens is 234 g/mol. The van der Waals surface area contributed by atoms with Crippen molar-refractivity contribution in [2.45, 2.75) is 0 Å². The molecule has 0 radical (unpaired) electrons. The second-order valence-electron chi connectivity index (χ2n) is 2.79. The van der Waals surface area contributed by atoms with Crippen molar-refractivity contribution in [3.63, 3.8) is 0 Å². The molecule has 1 N–H and O–H groups in total. The Morgan fingerprint density at radius 3 is 3.06 bits per heavy atom. The van der Waals surface area contributed by atoms with Crippen LogP contribution in [0.5, 0.6) is 5.75 Å². The Morgan fingerprint density at radius 2 is 2.38 bits per heavy atom. The lowest BCUT2D eigenvalue weighted by molar-refractivity contribution is -0.145. The maximum Gasteiger partial charge on any atom is 0.346 e. The van der Waals surface area contributed by atoms with Crippen molar-refractivity contribution in [1.29, 1.82) is 0 Å². The van der Waals surface area contributed by atoms with E-state index in [0.717, 1.165) is 0 Å². The number of ether oxygens (including phenoxy) is 1. The zero-order valence-electron chi connectivity index (χ0n) is 8.51. The standard InChI is InChI=1S/C10H10ClNO4/c1-15-10(14)6-16-12-5-7-4-8(11)2-3-9(7)13/h2-5,13H,6H2,1H3/b12-5+. The number of halogens is 1. The maximum atomic E-state index is 10.7. The van der Waals surface area contributed by atoms with E-state index >= 15 is 0 Å². The molecule has 0 heterocycles. The summed E-state index contributed by atoms with van der Waals surface area (Å²) in [6, 6.07) is 4.50. The number of carbonyl (C=O) groups excluding carboxylic acids is 1. The summed E-state index contributed by atoms with van der Waals surface area (Å²) < 4.78 is 4.34. The van der Waals surface area contributed by atoms with Crippen LogP contribution in [0, 0.1) is 0 Å². The van der Waals surface area contributed by atoms with E-state index in [2.05, 4.69) is 14.7 Å². The molecule has 1 aromatic carbocycles. The van der Waals surface area contributed by atoms with Gasteiger partial charge in [0.05, 0.1) is 13.3 Å². The molecule has 0 aliphatic carbocycles. The van der Waals surface area contributed by atoms with E-state index in [1.165, 1.54) is 25.5 Å². The van der Waals surface area contributed by atoms with Gasteiger partial charge >= 0.3 is 5.97 Å². The first-order valence-corrected chi connectivity index (χ1v) is 4.72. The number of phenolic OH excluding ortho intramolecular Hbond substituents is 1. The van der Waals surface area contributed by atoms with Crippen molar-refractivity contribution in [3.05, 3.63) is 28.8 Å². The highest BCUT2D eigenvalue weighted by Crippen LogP contribution is 2.19. The molecular formula is C10H10ClNO4. The molecule has 6 heteroatoms. The molecule has 0 fully saturated rings. The third-order valence-corrected chi connectivity index (χ3v) is 1.90. The third-order valence-electron chi connectivity index (χ3n) is 1.67. The van der Waals surface area contributed by atoms with Gasteiger partial charge in [0.15, 0.2) is 0 Å². The molecule has 5 nitrogen and oxygen atoms in total. The normalized spacial score (nSPS) is 10.4. The van der Waals surface area contributed by atoms with Gasteiger partial charge in [-0.2, -0.15) is 0 Å². The lowest BCUT2D eigenvalue weighted by atomic mass is 10.2. The summed E-state index contributed by atoms with van der Waals surface area (Å²) in [7, 11) is 1.25. The van der Waals surface area contributed by atoms with Crippen LogP contribution in [0.2, 0.25) is 5.02 Å². The van der Waals surface area contributed by atoms with Crippen molar-refractivity contribution < 1.29 is 19.5 Å². The number of carbonyl (C=O) groups is 1. The number of benzene rings is 1. The molecule has 0 saturated heterocycles. The molecule has 1 aromatic rings. The smallest absolute Gasteiger partial charge is 0.346 e. The fourth-order valence-electron chi connectivity index (χ4n) is 0.872. The zero-order valence-corrected chi connectivity index (χ0v) is 9.27. The van der Waals surface area contributed by atoms with Gasteiger partial charge in [0.2, 0.25) is 6.61 Å². The van der Waals surface area contributed by atoms with Crippen LogP contribution < -0.4 is 0 Å². The van der Waals surface area contributed by atoms with Gasteiger partial charge in [0.1, 0.15) is 5.75 Å². The summed E-state index contributed by atoms with van der Waals surface area (Å²) in [5.41, 5.74) is 0.400. The molecule has 0 bridgehead atoms. The van der Waals surface area contributed by atoms with Gasteiger partial charge in [-0.25, -0.2) is 4.79 Å². The van der Waals surface area contributed by atoms with E-state index in [9.17, 15) is 9.90 Å². The molecule has 0 unspecified atom stereocenters. The largest absolute Gasteiger partial charge is 0.507 e. The van der Waals surface area contributed by atoms with Crippen LogP contribution in [-0.2, 0) is 14.4 Å². The number of nitrogens with zero attached hydrogens (tertiary/aromatic N) is 1. The highest BCUT2D eigenvalue weighted by Gasteiger charge is 2.00. The Balaban J connectivity index is 2.56. The Hall–Kier alpha value is -1.75. The van der Waals surface area contributed by atoms with Gasteiger partial charge < -0.3 is 14.7 Å². The lowest BCUT2D eigenvalue weighted by Gasteiger charge is -1.99. The first-order valence-electron chi connectivity index (χ1n) is 4.34. The average molecular weight is 244 g/mol. The van der Waals surface area contributed by atoms with Crippen LogP contribution >= 0.6 is 11.6 Å². The minimum atomic E-state index is -0.535. The van der Waals surface area contributed by atoms with Gasteiger partial charge in [-0.3, -0.25) is 0 Å². The molecule has 0 spiro atoms. The molecule has 1 rings (SSSR count). The highest BCUT2D eigenvalue weighted by atomic mass is 35.5. The molecule has 0 amide bonds. The summed E-state index contributed by atoms with van der Waals surface area (Å²) in [4.78, 5) is 15.3. The first-order chi connectivity index (χ1) is 7.63. The van der Waals surface area contributed by atoms with Gasteiger partial charge in [0, 0.05) is 10.6 Å². The summed E-state index contributed by atoms with van der Waals surface area (Å²) >= 11 is 5.71. The summed E-state index contributed by atoms with van der Waals surface area (Å²) in [6.45, 7) is -0.283. The van der Waals surface area contributed by atoms with Crippen LogP contribution in [0.3, 0.4) is 0 Å². The van der Waals surface area contributed by atoms with Crippen molar-refractivity contribution in [2.24, 2.45) is 5.16 Å². The minimum absolute atomic E-state index is 0.0230. The zero-order chi connectivity index (χ0) is 12.0. The summed E-state index contributed by atoms with van der Waals surface area (Å²) in [5, 5.41) is 13.3. The van der Waals surface area contributed by atoms with Crippen molar-refractivity contribution in [2.75, 3.05) is 13.7 Å². The van der Waals surface area contributed by atoms with Crippen LogP contribution in [0.1, 0.15) is 5.56 Å². The van der Waals surface area contributed by atoms with Crippen molar-refractivity contribution in [3.8, 4) is 5.75 Å². The number of esters is 1. The third kappa shape index (κ3) is 3.78. The van der Waals surface area contributed by atoms with Crippen LogP contribution in [-0.4, -0.2) is 31.0 Å². The van der Waals surface area contributed by atoms with E-state index in [1.807, 2.05) is 0 Å². The Kier molecular flexibility index (Phi) is 4.60. The fourth-order valence-corrected chi connectivity index (χ4v) is 1.05. The predicted molar refractivity (Wildman–Crippen MR) is 58.7 cm³/mol. The lowest BCUT2D eigenvalue weighted by Crippen LogP contribution is -2.07. The maximum absolute atomic E-state index is 10.7. The van der Waals surface area contributed by atoms with E-state index in [1.54, 1.807) is 6.07 Å². The molecule has 86 valence electrons. The van der Waals surface area contributed by atoms with E-state index in [-0.39, 0.29) is 12.4 Å². The number of aromatic hydroxyl groups is 1. The molecule has 0 aliphatic rings. The molecule has 0 saturated carbocycles. The Morgan fingerprint density at radius 1 is 1.62 bits per heavy atom. The SMILES string of the molecule is COC(=O)CO/N=C/c1cc(Cl)ccc1O. The number of phenols is 1. The Bertz CT molecular complexity index is 406. The van der Waals surface area contributed by atoms with Crippen LogP contribution in [0.25, 0.3) is 0 Å². The molecule has 0 aliphatic heterocycles. The quantitative estimate of drug-likeness (QED) is 0.495. The van der Waals surface area contributed by atoms with Crippen LogP contribution in [0.4, 0.5) is 0 Å². The van der Waals surface area contributed by atoms with Crippen molar-refractivity contribution in [1.82, 2.24) is 0 Å². The van der Waals surface area contributed by atoms with E-state index < -0.39 is 5.97 Å². The van der Waals surface area contributed by atoms with Gasteiger partial charge in [0.25, 0.3) is 0 Å². The van der Waals surface area contributed by atoms with E-state index in [4.69, 9.17) is 11.6 Å². The number of hydrogen-bond acceptors (Lipinski definition) is 5. The van der Waals surface area contributed by atoms with Gasteiger partial charge in [-0.15, -0.1) is 0 Å². The number of rotatable bonds is 4. The fraction of sp³-hybridized carbons (Fsp3) is 0.200. The highest BCUT2D eigenvalue weighted by molar-refractivity contribution is 6.30. The minimum Gasteiger partial charge on any atom is -0.507 e. The second-order valence-corrected chi connectivity index (χ2v) is 3.22. The van der Waals surface area contributed by atoms with E-state index in [0.29, 0.717) is 10.6 Å². The first kappa shape index (κ1) is 12.3. The molecule has 0 aromatic heterocycles. The number of methoxy groups -OCH3 is 1. The van der Waals surface area contributed by atoms with Gasteiger partial charge in [-0.1, -0.05) is 16.8 Å². The summed E-state index contributed by atoms with van der Waals surface area (Å²) in [6.07, 6.45) is 1.25. The second kappa shape index (κ2) is 5.97. The Labute approximate surface area is 97.2 Å². The monoisotopic (exact) mass is 243 g/mol. The number of oxime groups is 1. The average Bonchev–Trinajstić information content (AvgIpc) is 2.28.